The number of hydrogen-bond donors (Lipinski definition) is 0. The lowest BCUT2D eigenvalue weighted by molar-refractivity contribution is -0.249. The number of alkyl halides is 5. The molecule has 3 aromatic carbocycles. The molecule has 0 N–H and O–H groups in total. The first-order chi connectivity index (χ1) is 16.4. The molecule has 3 nitrogen and oxygen atoms in total. The summed E-state index contributed by atoms with van der Waals surface area (Å²) in [7, 11) is -1.16. The quantitative estimate of drug-likeness (QED) is 0.304. The van der Waals surface area contributed by atoms with E-state index < -0.39 is 41.1 Å². The zero-order valence-electron chi connectivity index (χ0n) is 18.0. The molecule has 0 radical (unpaired) electrons. The third-order valence-corrected chi connectivity index (χ3v) is 7.05. The van der Waals surface area contributed by atoms with Crippen molar-refractivity contribution in [3.63, 3.8) is 0 Å². The Morgan fingerprint density at radius 3 is 2.23 bits per heavy atom. The lowest BCUT2D eigenvalue weighted by Gasteiger charge is -2.25. The van der Waals surface area contributed by atoms with E-state index in [1.165, 1.54) is 18.2 Å². The molecule has 0 saturated carbocycles. The lowest BCUT2D eigenvalue weighted by Crippen LogP contribution is -2.43. The van der Waals surface area contributed by atoms with Crippen molar-refractivity contribution in [1.82, 2.24) is 0 Å². The Bertz CT molecular complexity index is 1310. The summed E-state index contributed by atoms with van der Waals surface area (Å²) in [5.74, 6) is -5.11. The van der Waals surface area contributed by atoms with E-state index in [2.05, 4.69) is 5.10 Å². The number of halogens is 7. The van der Waals surface area contributed by atoms with Crippen LogP contribution in [0.15, 0.2) is 76.7 Å². The summed E-state index contributed by atoms with van der Waals surface area (Å²) in [5, 5.41) is 5.11. The van der Waals surface area contributed by atoms with Crippen molar-refractivity contribution in [2.24, 2.45) is 5.10 Å². The van der Waals surface area contributed by atoms with E-state index in [9.17, 15) is 26.2 Å². The van der Waals surface area contributed by atoms with Crippen molar-refractivity contribution in [2.75, 3.05) is 11.3 Å². The normalized spacial score (nSPS) is 17.4. The van der Waals surface area contributed by atoms with Crippen molar-refractivity contribution in [1.29, 1.82) is 0 Å². The summed E-state index contributed by atoms with van der Waals surface area (Å²) in [4.78, 5) is 0.636. The number of hydrogen-bond acceptors (Lipinski definition) is 3. The van der Waals surface area contributed by atoms with Gasteiger partial charge in [0.05, 0.1) is 16.8 Å². The highest BCUT2D eigenvalue weighted by atomic mass is 35.5. The van der Waals surface area contributed by atoms with Gasteiger partial charge in [0.1, 0.15) is 5.71 Å². The van der Waals surface area contributed by atoms with Gasteiger partial charge in [-0.2, -0.15) is 27.1 Å². The molecule has 35 heavy (non-hydrogen) atoms. The highest BCUT2D eigenvalue weighted by molar-refractivity contribution is 7.84. The Hall–Kier alpha value is -2.49. The second-order valence-electron chi connectivity index (χ2n) is 7.88. The molecule has 0 spiro atoms. The molecule has 0 bridgehead atoms. The van der Waals surface area contributed by atoms with Crippen LogP contribution in [0.3, 0.4) is 0 Å². The van der Waals surface area contributed by atoms with Crippen LogP contribution < -0.4 is 5.01 Å². The fraction of sp³-hybridized carbons (Fsp3) is 0.208. The van der Waals surface area contributed by atoms with Gasteiger partial charge in [0.15, 0.2) is 0 Å². The number of hydrazone groups is 1. The third-order valence-electron chi connectivity index (χ3n) is 5.58. The second-order valence-corrected chi connectivity index (χ2v) is 10.1. The summed E-state index contributed by atoms with van der Waals surface area (Å²) in [6.07, 6.45) is -4.90. The van der Waals surface area contributed by atoms with Crippen molar-refractivity contribution in [3.8, 4) is 11.1 Å². The van der Waals surface area contributed by atoms with Crippen molar-refractivity contribution in [2.45, 2.75) is 29.5 Å². The number of anilines is 1. The standard InChI is InChI=1S/C24H17Cl2F5N2OS/c1-35(34)18-8-5-14(6-9-18)15-3-2-4-16(11-15)21-13-22(23(27,28)24(29,30)31)32-33(21)20-10-7-17(25)12-19(20)26/h2-12,21H,13H2,1H3. The highest BCUT2D eigenvalue weighted by Gasteiger charge is 2.62. The predicted octanol–water partition coefficient (Wildman–Crippen LogP) is 7.90. The van der Waals surface area contributed by atoms with Gasteiger partial charge in [-0.25, -0.2) is 0 Å². The Balaban J connectivity index is 1.77. The zero-order valence-corrected chi connectivity index (χ0v) is 20.3. The SMILES string of the molecule is CS(=O)c1ccc(-c2cccc(C3CC(C(F)(F)C(F)(F)F)=NN3c3ccc(Cl)cc3Cl)c2)cc1. The van der Waals surface area contributed by atoms with Crippen LogP contribution in [0.25, 0.3) is 11.1 Å². The summed E-state index contributed by atoms with van der Waals surface area (Å²) >= 11 is 12.2. The molecule has 184 valence electrons. The van der Waals surface area contributed by atoms with E-state index >= 15 is 0 Å². The maximum absolute atomic E-state index is 14.3. The number of benzene rings is 3. The van der Waals surface area contributed by atoms with E-state index in [-0.39, 0.29) is 15.7 Å². The molecule has 4 rings (SSSR count). The number of rotatable bonds is 5. The van der Waals surface area contributed by atoms with Crippen LogP contribution in [-0.4, -0.2) is 28.3 Å². The van der Waals surface area contributed by atoms with Crippen molar-refractivity contribution in [3.05, 3.63) is 82.3 Å². The maximum Gasteiger partial charge on any atom is 0.459 e. The first-order valence-corrected chi connectivity index (χ1v) is 12.5. The highest BCUT2D eigenvalue weighted by Crippen LogP contribution is 2.46. The van der Waals surface area contributed by atoms with Crippen LogP contribution in [-0.2, 0) is 10.8 Å². The Morgan fingerprint density at radius 1 is 0.943 bits per heavy atom. The van der Waals surface area contributed by atoms with Gasteiger partial charge in [-0.05, 0) is 53.1 Å². The Labute approximate surface area is 210 Å². The molecule has 0 aromatic heterocycles. The van der Waals surface area contributed by atoms with E-state index in [1.54, 1.807) is 54.8 Å². The second kappa shape index (κ2) is 9.52. The summed E-state index contributed by atoms with van der Waals surface area (Å²) in [6.45, 7) is 0. The van der Waals surface area contributed by atoms with Gasteiger partial charge >= 0.3 is 12.1 Å². The Kier molecular flexibility index (Phi) is 6.96. The average Bonchev–Trinajstić information content (AvgIpc) is 3.24. The van der Waals surface area contributed by atoms with Crippen molar-refractivity contribution < 1.29 is 26.2 Å². The van der Waals surface area contributed by atoms with Crippen molar-refractivity contribution >= 4 is 45.4 Å². The summed E-state index contributed by atoms with van der Waals surface area (Å²) < 4.78 is 79.6. The fourth-order valence-corrected chi connectivity index (χ4v) is 4.79. The summed E-state index contributed by atoms with van der Waals surface area (Å²) in [5.41, 5.74) is 0.773. The lowest BCUT2D eigenvalue weighted by atomic mass is 9.95. The predicted molar refractivity (Wildman–Crippen MR) is 129 cm³/mol. The topological polar surface area (TPSA) is 32.7 Å². The summed E-state index contributed by atoms with van der Waals surface area (Å²) in [6, 6.07) is 17.0. The molecule has 0 amide bonds. The van der Waals surface area contributed by atoms with Gasteiger partial charge < -0.3 is 0 Å². The Morgan fingerprint density at radius 2 is 1.63 bits per heavy atom. The number of nitrogens with zero attached hydrogens (tertiary/aromatic N) is 2. The van der Waals surface area contributed by atoms with Crippen LogP contribution in [0.1, 0.15) is 18.0 Å². The zero-order chi connectivity index (χ0) is 25.5. The molecular formula is C24H17Cl2F5N2OS. The molecule has 1 aliphatic heterocycles. The third kappa shape index (κ3) is 5.08. The van der Waals surface area contributed by atoms with E-state index in [4.69, 9.17) is 23.2 Å². The molecule has 1 aliphatic rings. The monoisotopic (exact) mass is 546 g/mol. The van der Waals surface area contributed by atoms with E-state index in [0.29, 0.717) is 16.0 Å². The molecule has 11 heteroatoms. The largest absolute Gasteiger partial charge is 0.459 e. The van der Waals surface area contributed by atoms with Crippen LogP contribution in [0.2, 0.25) is 10.0 Å². The molecule has 1 heterocycles. The van der Waals surface area contributed by atoms with E-state index in [0.717, 1.165) is 10.6 Å². The minimum absolute atomic E-state index is 0.0575. The molecule has 0 fully saturated rings. The van der Waals surface area contributed by atoms with Crippen LogP contribution in [0, 0.1) is 0 Å². The van der Waals surface area contributed by atoms with Gasteiger partial charge in [-0.3, -0.25) is 9.22 Å². The first kappa shape index (κ1) is 25.6. The van der Waals surface area contributed by atoms with Crippen LogP contribution in [0.5, 0.6) is 0 Å². The molecule has 2 unspecified atom stereocenters. The van der Waals surface area contributed by atoms with E-state index in [1.807, 2.05) is 0 Å². The van der Waals surface area contributed by atoms with Gasteiger partial charge in [-0.1, -0.05) is 53.5 Å². The van der Waals surface area contributed by atoms with Gasteiger partial charge in [0, 0.05) is 33.4 Å². The molecule has 0 aliphatic carbocycles. The molecular weight excluding hydrogens is 530 g/mol. The van der Waals surface area contributed by atoms with Gasteiger partial charge in [-0.15, -0.1) is 0 Å². The minimum atomic E-state index is -5.79. The fourth-order valence-electron chi connectivity index (χ4n) is 3.78. The smallest absolute Gasteiger partial charge is 0.256 e. The first-order valence-electron chi connectivity index (χ1n) is 10.2. The van der Waals surface area contributed by atoms with Gasteiger partial charge in [0.25, 0.3) is 0 Å². The minimum Gasteiger partial charge on any atom is -0.256 e. The average molecular weight is 547 g/mol. The van der Waals surface area contributed by atoms with Crippen LogP contribution >= 0.6 is 23.2 Å². The molecule has 3 aromatic rings. The molecule has 0 saturated heterocycles. The van der Waals surface area contributed by atoms with Gasteiger partial charge in [0.2, 0.25) is 0 Å². The maximum atomic E-state index is 14.3. The molecule has 2 atom stereocenters. The van der Waals surface area contributed by atoms with Crippen LogP contribution in [0.4, 0.5) is 27.6 Å².